The molecule has 0 aliphatic heterocycles. The van der Waals surface area contributed by atoms with Gasteiger partial charge in [-0.2, -0.15) is 0 Å². The summed E-state index contributed by atoms with van der Waals surface area (Å²) in [5.74, 6) is -0.932. The van der Waals surface area contributed by atoms with Crippen LogP contribution in [0.15, 0.2) is 97.2 Å². The second-order valence-electron chi connectivity index (χ2n) is 11.6. The SMILES string of the molecule is CC/C=C\C/C=C\C/C=C\C/C=C\C/C=C\C(CCCCC(=O)O)OC(=O)CCCCCCCCC/C=C\C/C=C\C/C=C\CC. The molecule has 0 spiro atoms. The van der Waals surface area contributed by atoms with Gasteiger partial charge in [0, 0.05) is 12.8 Å². The Morgan fingerprint density at radius 3 is 1.41 bits per heavy atom. The van der Waals surface area contributed by atoms with E-state index in [1.54, 1.807) is 0 Å². The average Bonchev–Trinajstić information content (AvgIpc) is 3.04. The van der Waals surface area contributed by atoms with Crippen molar-refractivity contribution in [2.75, 3.05) is 0 Å². The van der Waals surface area contributed by atoms with Gasteiger partial charge in [0.2, 0.25) is 0 Å². The number of hydrogen-bond acceptors (Lipinski definition) is 3. The van der Waals surface area contributed by atoms with E-state index >= 15 is 0 Å². The Bertz CT molecular complexity index is 945. The standard InChI is InChI=1S/C42H66O4/c1-3-5-7-9-11-13-15-17-19-20-21-23-25-27-29-31-33-39-42(45)46-40(37-34-35-38-41(43)44)36-32-30-28-26-24-22-18-16-14-12-10-8-6-4-2/h5-8,11-14,17-19,22,26,28,32,36,40H,3-4,9-10,15-16,20-21,23-25,27,29-31,33-35,37-39H2,1-2H3,(H,43,44)/b7-5-,8-6-,13-11-,14-12-,19-17-,22-18-,28-26-,36-32-. The summed E-state index contributed by atoms with van der Waals surface area (Å²) in [6, 6.07) is 0. The first-order valence-corrected chi connectivity index (χ1v) is 18.2. The summed E-state index contributed by atoms with van der Waals surface area (Å²) in [5.41, 5.74) is 0. The number of carbonyl (C=O) groups is 2. The van der Waals surface area contributed by atoms with Crippen molar-refractivity contribution in [3.63, 3.8) is 0 Å². The van der Waals surface area contributed by atoms with Gasteiger partial charge in [-0.1, -0.05) is 137 Å². The molecule has 4 nitrogen and oxygen atoms in total. The molecule has 4 heteroatoms. The van der Waals surface area contributed by atoms with Crippen LogP contribution in [-0.4, -0.2) is 23.1 Å². The largest absolute Gasteiger partial charge is 0.481 e. The fourth-order valence-electron chi connectivity index (χ4n) is 4.67. The summed E-state index contributed by atoms with van der Waals surface area (Å²) in [5, 5.41) is 8.92. The lowest BCUT2D eigenvalue weighted by atomic mass is 10.1. The van der Waals surface area contributed by atoms with Gasteiger partial charge in [0.1, 0.15) is 6.10 Å². The second kappa shape index (κ2) is 36.3. The van der Waals surface area contributed by atoms with E-state index < -0.39 is 5.97 Å². The van der Waals surface area contributed by atoms with Gasteiger partial charge in [0.15, 0.2) is 0 Å². The number of carboxylic acids is 1. The first kappa shape index (κ1) is 42.9. The molecule has 0 saturated heterocycles. The van der Waals surface area contributed by atoms with Crippen molar-refractivity contribution in [2.24, 2.45) is 0 Å². The van der Waals surface area contributed by atoms with E-state index in [0.717, 1.165) is 83.5 Å². The lowest BCUT2D eigenvalue weighted by Crippen LogP contribution is -2.16. The van der Waals surface area contributed by atoms with Crippen molar-refractivity contribution in [3.8, 4) is 0 Å². The Hall–Kier alpha value is -3.14. The van der Waals surface area contributed by atoms with E-state index in [4.69, 9.17) is 9.84 Å². The molecular formula is C42H66O4. The molecule has 0 fully saturated rings. The minimum absolute atomic E-state index is 0.150. The number of aliphatic carboxylic acids is 1. The number of allylic oxidation sites excluding steroid dienone is 15. The molecule has 0 aromatic heterocycles. The van der Waals surface area contributed by atoms with Crippen molar-refractivity contribution in [1.29, 1.82) is 0 Å². The highest BCUT2D eigenvalue weighted by Gasteiger charge is 2.11. The third-order valence-electron chi connectivity index (χ3n) is 7.29. The van der Waals surface area contributed by atoms with E-state index in [2.05, 4.69) is 98.9 Å². The van der Waals surface area contributed by atoms with Gasteiger partial charge in [-0.15, -0.1) is 0 Å². The van der Waals surface area contributed by atoms with E-state index in [1.165, 1.54) is 25.7 Å². The first-order chi connectivity index (χ1) is 22.6. The molecule has 46 heavy (non-hydrogen) atoms. The highest BCUT2D eigenvalue weighted by Crippen LogP contribution is 2.14. The summed E-state index contributed by atoms with van der Waals surface area (Å²) < 4.78 is 5.77. The highest BCUT2D eigenvalue weighted by atomic mass is 16.5. The minimum atomic E-state index is -0.782. The van der Waals surface area contributed by atoms with Crippen LogP contribution in [0.3, 0.4) is 0 Å². The molecule has 0 amide bonds. The van der Waals surface area contributed by atoms with Gasteiger partial charge in [-0.3, -0.25) is 9.59 Å². The van der Waals surface area contributed by atoms with Crippen LogP contribution in [0, 0.1) is 0 Å². The van der Waals surface area contributed by atoms with E-state index in [9.17, 15) is 9.59 Å². The number of rotatable bonds is 31. The van der Waals surface area contributed by atoms with Crippen molar-refractivity contribution < 1.29 is 19.4 Å². The first-order valence-electron chi connectivity index (χ1n) is 18.2. The van der Waals surface area contributed by atoms with Crippen LogP contribution >= 0.6 is 0 Å². The number of ether oxygens (including phenoxy) is 1. The number of carbonyl (C=O) groups excluding carboxylic acids is 1. The molecule has 0 heterocycles. The van der Waals surface area contributed by atoms with Gasteiger partial charge in [0.05, 0.1) is 0 Å². The van der Waals surface area contributed by atoms with E-state index in [1.807, 2.05) is 12.2 Å². The smallest absolute Gasteiger partial charge is 0.306 e. The maximum Gasteiger partial charge on any atom is 0.306 e. The fraction of sp³-hybridized carbons (Fsp3) is 0.571. The van der Waals surface area contributed by atoms with Gasteiger partial charge in [-0.05, 0) is 96.0 Å². The summed E-state index contributed by atoms with van der Waals surface area (Å²) >= 11 is 0. The number of hydrogen-bond donors (Lipinski definition) is 1. The Morgan fingerprint density at radius 2 is 0.913 bits per heavy atom. The topological polar surface area (TPSA) is 63.6 Å². The molecule has 0 aromatic carbocycles. The van der Waals surface area contributed by atoms with Gasteiger partial charge < -0.3 is 9.84 Å². The molecule has 0 aliphatic carbocycles. The predicted octanol–water partition coefficient (Wildman–Crippen LogP) is 12.7. The number of carboxylic acid groups (broad SMARTS) is 1. The van der Waals surface area contributed by atoms with Crippen molar-refractivity contribution in [1.82, 2.24) is 0 Å². The van der Waals surface area contributed by atoms with E-state index in [0.29, 0.717) is 19.3 Å². The fourth-order valence-corrected chi connectivity index (χ4v) is 4.67. The van der Waals surface area contributed by atoms with Crippen LogP contribution < -0.4 is 0 Å². The summed E-state index contributed by atoms with van der Waals surface area (Å²) in [6.45, 7) is 4.30. The Kier molecular flexibility index (Phi) is 33.8. The molecule has 0 bridgehead atoms. The van der Waals surface area contributed by atoms with Gasteiger partial charge in [-0.25, -0.2) is 0 Å². The van der Waals surface area contributed by atoms with Gasteiger partial charge in [0.25, 0.3) is 0 Å². The molecule has 0 aromatic rings. The summed E-state index contributed by atoms with van der Waals surface area (Å²) in [4.78, 5) is 23.4. The summed E-state index contributed by atoms with van der Waals surface area (Å²) in [6.07, 6.45) is 54.2. The Balaban J connectivity index is 4.13. The van der Waals surface area contributed by atoms with Crippen molar-refractivity contribution in [2.45, 2.75) is 155 Å². The van der Waals surface area contributed by atoms with Crippen LogP contribution in [0.5, 0.6) is 0 Å². The average molecular weight is 635 g/mol. The zero-order chi connectivity index (χ0) is 33.6. The lowest BCUT2D eigenvalue weighted by Gasteiger charge is -2.14. The zero-order valence-electron chi connectivity index (χ0n) is 29.3. The third-order valence-corrected chi connectivity index (χ3v) is 7.29. The molecule has 0 aliphatic rings. The highest BCUT2D eigenvalue weighted by molar-refractivity contribution is 5.69. The zero-order valence-corrected chi connectivity index (χ0v) is 29.3. The van der Waals surface area contributed by atoms with Crippen LogP contribution in [0.4, 0.5) is 0 Å². The third kappa shape index (κ3) is 35.3. The molecule has 1 atom stereocenters. The van der Waals surface area contributed by atoms with Crippen molar-refractivity contribution in [3.05, 3.63) is 97.2 Å². The molecule has 1 N–H and O–H groups in total. The molecule has 0 rings (SSSR count). The van der Waals surface area contributed by atoms with Crippen LogP contribution in [0.2, 0.25) is 0 Å². The normalized spacial score (nSPS) is 13.4. The summed E-state index contributed by atoms with van der Waals surface area (Å²) in [7, 11) is 0. The molecule has 0 saturated carbocycles. The monoisotopic (exact) mass is 634 g/mol. The predicted molar refractivity (Wildman–Crippen MR) is 199 cm³/mol. The molecule has 258 valence electrons. The van der Waals surface area contributed by atoms with Crippen LogP contribution in [0.1, 0.15) is 149 Å². The van der Waals surface area contributed by atoms with Crippen LogP contribution in [0.25, 0.3) is 0 Å². The minimum Gasteiger partial charge on any atom is -0.481 e. The quantitative estimate of drug-likeness (QED) is 0.0468. The number of unbranched alkanes of at least 4 members (excludes halogenated alkanes) is 8. The Labute approximate surface area is 282 Å². The second-order valence-corrected chi connectivity index (χ2v) is 11.6. The maximum atomic E-state index is 12.5. The Morgan fingerprint density at radius 1 is 0.500 bits per heavy atom. The van der Waals surface area contributed by atoms with Gasteiger partial charge >= 0.3 is 11.9 Å². The molecule has 1 unspecified atom stereocenters. The van der Waals surface area contributed by atoms with Crippen molar-refractivity contribution >= 4 is 11.9 Å². The molecule has 0 radical (unpaired) electrons. The number of esters is 1. The van der Waals surface area contributed by atoms with Crippen LogP contribution in [-0.2, 0) is 14.3 Å². The maximum absolute atomic E-state index is 12.5. The molecular weight excluding hydrogens is 568 g/mol. The van der Waals surface area contributed by atoms with E-state index in [-0.39, 0.29) is 18.5 Å². The lowest BCUT2D eigenvalue weighted by molar-refractivity contribution is -0.147.